The van der Waals surface area contributed by atoms with Gasteiger partial charge in [0.15, 0.2) is 0 Å². The van der Waals surface area contributed by atoms with Gasteiger partial charge in [0.1, 0.15) is 10.8 Å². The Morgan fingerprint density at radius 1 is 1.19 bits per heavy atom. The monoisotopic (exact) mass is 255 g/mol. The summed E-state index contributed by atoms with van der Waals surface area (Å²) in [4.78, 5) is 0. The van der Waals surface area contributed by atoms with Gasteiger partial charge in [0.2, 0.25) is 0 Å². The van der Waals surface area contributed by atoms with Crippen molar-refractivity contribution in [1.82, 2.24) is 4.37 Å². The summed E-state index contributed by atoms with van der Waals surface area (Å²) < 4.78 is 4.30. The molecule has 2 heterocycles. The summed E-state index contributed by atoms with van der Waals surface area (Å²) in [5, 5.41) is 4.90. The summed E-state index contributed by atoms with van der Waals surface area (Å²) in [5.41, 5.74) is 7.25. The molecule has 2 aliphatic rings. The number of rotatable bonds is 3. The molecule has 0 aromatic carbocycles. The Bertz CT molecular complexity index is 367. The maximum Gasteiger partial charge on any atom is 0.142 e. The van der Waals surface area contributed by atoms with E-state index in [4.69, 9.17) is 5.73 Å². The predicted octanol–water partition coefficient (Wildman–Crippen LogP) is 2.91. The second-order valence-electron chi connectivity index (χ2n) is 4.62. The first-order valence-corrected chi connectivity index (χ1v) is 7.86. The molecule has 3 rings (SSSR count). The molecule has 5 heteroatoms. The average molecular weight is 255 g/mol. The van der Waals surface area contributed by atoms with Crippen LogP contribution in [0.4, 0.5) is 10.8 Å². The molecule has 1 saturated carbocycles. The molecule has 0 bridgehead atoms. The molecule has 0 amide bonds. The van der Waals surface area contributed by atoms with Crippen LogP contribution in [0.2, 0.25) is 0 Å². The number of nitrogens with two attached hydrogens (primary N) is 1. The molecule has 88 valence electrons. The van der Waals surface area contributed by atoms with E-state index in [1.807, 2.05) is 0 Å². The van der Waals surface area contributed by atoms with Crippen molar-refractivity contribution in [2.24, 2.45) is 0 Å². The van der Waals surface area contributed by atoms with E-state index < -0.39 is 0 Å². The van der Waals surface area contributed by atoms with E-state index in [-0.39, 0.29) is 0 Å². The molecule has 0 radical (unpaired) electrons. The summed E-state index contributed by atoms with van der Waals surface area (Å²) in [6.45, 7) is 0. The van der Waals surface area contributed by atoms with Crippen molar-refractivity contribution in [1.29, 1.82) is 0 Å². The van der Waals surface area contributed by atoms with Gasteiger partial charge >= 0.3 is 0 Å². The molecule has 0 spiro atoms. The van der Waals surface area contributed by atoms with Crippen LogP contribution in [0, 0.1) is 0 Å². The molecule has 2 fully saturated rings. The maximum atomic E-state index is 5.94. The number of hydrogen-bond donors (Lipinski definition) is 2. The fraction of sp³-hybridized carbons (Fsp3) is 0.727. The summed E-state index contributed by atoms with van der Waals surface area (Å²) in [5.74, 6) is 4.02. The van der Waals surface area contributed by atoms with E-state index in [0.717, 1.165) is 5.82 Å². The van der Waals surface area contributed by atoms with Crippen molar-refractivity contribution >= 4 is 34.1 Å². The Balaban J connectivity index is 1.73. The lowest BCUT2D eigenvalue weighted by Gasteiger charge is -2.23. The Morgan fingerprint density at radius 3 is 2.62 bits per heavy atom. The van der Waals surface area contributed by atoms with E-state index in [1.165, 1.54) is 47.8 Å². The van der Waals surface area contributed by atoms with Gasteiger partial charge < -0.3 is 11.1 Å². The van der Waals surface area contributed by atoms with Gasteiger partial charge in [0, 0.05) is 11.6 Å². The number of thioether (sulfide) groups is 1. The van der Waals surface area contributed by atoms with Gasteiger partial charge in [-0.1, -0.05) is 0 Å². The summed E-state index contributed by atoms with van der Waals surface area (Å²) >= 11 is 3.61. The maximum absolute atomic E-state index is 5.94. The quantitative estimate of drug-likeness (QED) is 0.872. The minimum atomic E-state index is 0.638. The smallest absolute Gasteiger partial charge is 0.142 e. The second kappa shape index (κ2) is 4.45. The third-order valence-electron chi connectivity index (χ3n) is 3.30. The van der Waals surface area contributed by atoms with Crippen LogP contribution in [0.5, 0.6) is 0 Å². The second-order valence-corrected chi connectivity index (χ2v) is 6.61. The minimum Gasteiger partial charge on any atom is -0.383 e. The lowest BCUT2D eigenvalue weighted by molar-refractivity contribution is 0.668. The largest absolute Gasteiger partial charge is 0.383 e. The predicted molar refractivity (Wildman–Crippen MR) is 72.5 cm³/mol. The van der Waals surface area contributed by atoms with Crippen LogP contribution in [-0.4, -0.2) is 21.9 Å². The first kappa shape index (κ1) is 10.7. The number of hydrogen-bond acceptors (Lipinski definition) is 5. The van der Waals surface area contributed by atoms with Crippen molar-refractivity contribution in [3.05, 3.63) is 5.56 Å². The highest BCUT2D eigenvalue weighted by Crippen LogP contribution is 2.48. The van der Waals surface area contributed by atoms with Crippen LogP contribution in [0.25, 0.3) is 0 Å². The fourth-order valence-corrected chi connectivity index (χ4v) is 4.19. The van der Waals surface area contributed by atoms with E-state index in [9.17, 15) is 0 Å². The van der Waals surface area contributed by atoms with Gasteiger partial charge in [-0.15, -0.1) is 0 Å². The molecule has 1 aliphatic carbocycles. The van der Waals surface area contributed by atoms with Crippen LogP contribution in [0.1, 0.15) is 37.2 Å². The Morgan fingerprint density at radius 2 is 1.94 bits per heavy atom. The van der Waals surface area contributed by atoms with E-state index in [2.05, 4.69) is 21.5 Å². The number of nitrogens with zero attached hydrogens (tertiary/aromatic N) is 1. The van der Waals surface area contributed by atoms with Crippen LogP contribution in [0.3, 0.4) is 0 Å². The van der Waals surface area contributed by atoms with Crippen LogP contribution >= 0.6 is 23.3 Å². The zero-order chi connectivity index (χ0) is 11.0. The molecule has 3 N–H and O–H groups in total. The van der Waals surface area contributed by atoms with Gasteiger partial charge in [-0.05, 0) is 54.6 Å². The zero-order valence-corrected chi connectivity index (χ0v) is 10.9. The van der Waals surface area contributed by atoms with Gasteiger partial charge in [-0.2, -0.15) is 16.1 Å². The van der Waals surface area contributed by atoms with Crippen LogP contribution < -0.4 is 11.1 Å². The molecule has 0 unspecified atom stereocenters. The molecule has 1 aromatic heterocycles. The topological polar surface area (TPSA) is 50.9 Å². The molecule has 1 aromatic rings. The lowest BCUT2D eigenvalue weighted by atomic mass is 10.1. The number of nitrogens with one attached hydrogen (secondary N) is 1. The first-order chi connectivity index (χ1) is 7.84. The highest BCUT2D eigenvalue weighted by atomic mass is 32.2. The standard InChI is InChI=1S/C11H17N3S2/c12-10-9(7-1-2-7)11(16-14-10)13-8-3-5-15-6-4-8/h7-8,13H,1-6H2,(H2,12,14). The average Bonchev–Trinajstić information content (AvgIpc) is 3.07. The van der Waals surface area contributed by atoms with Gasteiger partial charge in [-0.25, -0.2) is 0 Å². The van der Waals surface area contributed by atoms with Gasteiger partial charge in [0.05, 0.1) is 0 Å². The molecule has 1 aliphatic heterocycles. The minimum absolute atomic E-state index is 0.638. The van der Waals surface area contributed by atoms with E-state index in [0.29, 0.717) is 12.0 Å². The number of nitrogen functional groups attached to an aromatic ring is 1. The zero-order valence-electron chi connectivity index (χ0n) is 9.24. The van der Waals surface area contributed by atoms with E-state index >= 15 is 0 Å². The molecule has 16 heavy (non-hydrogen) atoms. The molecule has 1 saturated heterocycles. The Hall–Kier alpha value is -0.420. The van der Waals surface area contributed by atoms with Crippen molar-refractivity contribution in [2.75, 3.05) is 22.6 Å². The van der Waals surface area contributed by atoms with Crippen molar-refractivity contribution in [2.45, 2.75) is 37.6 Å². The molecule has 0 atom stereocenters. The Kier molecular flexibility index (Phi) is 2.98. The number of aromatic nitrogens is 1. The first-order valence-electron chi connectivity index (χ1n) is 5.94. The van der Waals surface area contributed by atoms with Gasteiger partial charge in [0.25, 0.3) is 0 Å². The fourth-order valence-electron chi connectivity index (χ4n) is 2.21. The van der Waals surface area contributed by atoms with Crippen molar-refractivity contribution in [3.8, 4) is 0 Å². The summed E-state index contributed by atoms with van der Waals surface area (Å²) in [7, 11) is 0. The van der Waals surface area contributed by atoms with Crippen LogP contribution in [0.15, 0.2) is 0 Å². The SMILES string of the molecule is Nc1nsc(NC2CCSCC2)c1C1CC1. The van der Waals surface area contributed by atoms with E-state index in [1.54, 1.807) is 11.5 Å². The molecular weight excluding hydrogens is 238 g/mol. The lowest BCUT2D eigenvalue weighted by Crippen LogP contribution is -2.24. The molecular formula is C11H17N3S2. The summed E-state index contributed by atoms with van der Waals surface area (Å²) in [6, 6.07) is 0.638. The Labute approximate surface area is 104 Å². The molecule has 3 nitrogen and oxygen atoms in total. The third kappa shape index (κ3) is 2.15. The van der Waals surface area contributed by atoms with Gasteiger partial charge in [-0.3, -0.25) is 0 Å². The van der Waals surface area contributed by atoms with Crippen molar-refractivity contribution < 1.29 is 0 Å². The van der Waals surface area contributed by atoms with Crippen molar-refractivity contribution in [3.63, 3.8) is 0 Å². The highest BCUT2D eigenvalue weighted by Gasteiger charge is 2.31. The normalized spacial score (nSPS) is 22.2. The summed E-state index contributed by atoms with van der Waals surface area (Å²) in [6.07, 6.45) is 5.12. The highest BCUT2D eigenvalue weighted by molar-refractivity contribution is 7.99. The number of anilines is 2. The third-order valence-corrected chi connectivity index (χ3v) is 5.16. The van der Waals surface area contributed by atoms with Crippen LogP contribution in [-0.2, 0) is 0 Å².